The first-order valence-corrected chi connectivity index (χ1v) is 17.8. The van der Waals surface area contributed by atoms with Gasteiger partial charge < -0.3 is 19.5 Å². The van der Waals surface area contributed by atoms with Crippen molar-refractivity contribution in [2.75, 3.05) is 17.7 Å². The van der Waals surface area contributed by atoms with Gasteiger partial charge in [0.25, 0.3) is 0 Å². The summed E-state index contributed by atoms with van der Waals surface area (Å²) in [6, 6.07) is 9.41. The Morgan fingerprint density at radius 3 is 2.00 bits per heavy atom. The standard InChI is InChI=1S/C24H21N3O14S4.3Na/c1-13(28)25-16-3-5-18-15(10-16)12-21(43(32,33)34)22(23(18)29)27-26-20-7-2-14-11-17(4-6-19(14)24(20)44(35,36)37)42(30,31)9-8-41-45(38,39)40;;;/h2-7,10-12,29H,8-9H2,1H3,(H,25,28)(H,32,33,34)(H,35,36,37)(H,38,39,40);;;/q;3*+1/p-3. The van der Waals surface area contributed by atoms with Crippen molar-refractivity contribution in [1.29, 1.82) is 0 Å². The van der Waals surface area contributed by atoms with E-state index in [0.717, 1.165) is 36.4 Å². The molecule has 0 aliphatic carbocycles. The Kier molecular flexibility index (Phi) is 15.9. The molecule has 0 bridgehead atoms. The molecular formula is C24H18N3Na3O14S4. The first-order valence-electron chi connectivity index (χ1n) is 12.0. The zero-order valence-corrected chi connectivity index (χ0v) is 34.7. The van der Waals surface area contributed by atoms with Crippen molar-refractivity contribution in [3.8, 4) is 5.75 Å². The van der Waals surface area contributed by atoms with E-state index in [1.54, 1.807) is 0 Å². The van der Waals surface area contributed by atoms with Gasteiger partial charge in [0.15, 0.2) is 9.84 Å². The van der Waals surface area contributed by atoms with E-state index in [2.05, 4.69) is 19.7 Å². The van der Waals surface area contributed by atoms with E-state index in [0.29, 0.717) is 0 Å². The number of hydrogen-bond donors (Lipinski definition) is 2. The van der Waals surface area contributed by atoms with Crippen molar-refractivity contribution in [3.05, 3.63) is 54.6 Å². The fraction of sp³-hybridized carbons (Fsp3) is 0.125. The number of carbonyl (C=O) groups is 1. The summed E-state index contributed by atoms with van der Waals surface area (Å²) >= 11 is 0. The molecule has 0 fully saturated rings. The van der Waals surface area contributed by atoms with Crippen molar-refractivity contribution >= 4 is 85.0 Å². The maximum Gasteiger partial charge on any atom is 1.00 e. The minimum Gasteiger partial charge on any atom is -0.871 e. The zero-order chi connectivity index (χ0) is 33.5. The molecule has 17 nitrogen and oxygen atoms in total. The van der Waals surface area contributed by atoms with Crippen molar-refractivity contribution in [2.24, 2.45) is 10.2 Å². The summed E-state index contributed by atoms with van der Waals surface area (Å²) in [6.45, 7) is 0.267. The Morgan fingerprint density at radius 1 is 0.812 bits per heavy atom. The van der Waals surface area contributed by atoms with Gasteiger partial charge in [-0.2, -0.15) is 8.42 Å². The van der Waals surface area contributed by atoms with Gasteiger partial charge >= 0.3 is 99.1 Å². The quantitative estimate of drug-likeness (QED) is 0.0861. The van der Waals surface area contributed by atoms with Crippen LogP contribution in [0.15, 0.2) is 79.5 Å². The van der Waals surface area contributed by atoms with Gasteiger partial charge in [-0.3, -0.25) is 9.35 Å². The molecule has 0 saturated heterocycles. The minimum atomic E-state index is -5.40. The molecule has 0 saturated carbocycles. The second-order valence-electron chi connectivity index (χ2n) is 9.14. The Labute approximate surface area is 340 Å². The van der Waals surface area contributed by atoms with E-state index < -0.39 is 90.6 Å². The largest absolute Gasteiger partial charge is 1.00 e. The maximum atomic E-state index is 13.2. The van der Waals surface area contributed by atoms with E-state index in [4.69, 9.17) is 4.55 Å². The van der Waals surface area contributed by atoms with Gasteiger partial charge in [-0.05, 0) is 52.6 Å². The van der Waals surface area contributed by atoms with Gasteiger partial charge in [0.05, 0.1) is 32.7 Å². The summed E-state index contributed by atoms with van der Waals surface area (Å²) in [5.41, 5.74) is -1.50. The average Bonchev–Trinajstić information content (AvgIpc) is 2.89. The van der Waals surface area contributed by atoms with Crippen LogP contribution in [0.3, 0.4) is 0 Å². The third-order valence-corrected chi connectivity index (χ3v) is 9.91. The molecule has 4 aromatic carbocycles. The number of nitrogens with zero attached hydrogens (tertiary/aromatic N) is 2. The number of anilines is 1. The molecule has 1 amide bonds. The third-order valence-electron chi connectivity index (χ3n) is 5.99. The van der Waals surface area contributed by atoms with Crippen molar-refractivity contribution in [2.45, 2.75) is 21.6 Å². The normalized spacial score (nSPS) is 12.2. The number of sulfone groups is 1. The fourth-order valence-corrected chi connectivity index (χ4v) is 7.16. The fourth-order valence-electron chi connectivity index (χ4n) is 4.18. The second-order valence-corrected chi connectivity index (χ2v) is 15.0. The number of azo groups is 1. The van der Waals surface area contributed by atoms with Crippen LogP contribution in [0.2, 0.25) is 0 Å². The summed E-state index contributed by atoms with van der Waals surface area (Å²) in [5.74, 6) is -2.47. The number of benzene rings is 4. The Morgan fingerprint density at radius 2 is 1.44 bits per heavy atom. The van der Waals surface area contributed by atoms with Crippen LogP contribution in [-0.4, -0.2) is 65.6 Å². The third kappa shape index (κ3) is 11.0. The van der Waals surface area contributed by atoms with Gasteiger partial charge in [-0.1, -0.05) is 23.9 Å². The number of rotatable bonds is 10. The number of fused-ring (bicyclic) bond motifs is 2. The molecule has 0 aliphatic rings. The SMILES string of the molecule is CC(=O)Nc1ccc2c([O-])c(N=Nc3ccc4cc(S(=O)(=O)CCOS(=O)(=O)O)ccc4c3S(=O)(=O)[O-])c(S(=O)(=O)[O-])cc2c1.[Na+].[Na+].[Na+]. The summed E-state index contributed by atoms with van der Waals surface area (Å²) in [6.07, 6.45) is 0. The van der Waals surface area contributed by atoms with Gasteiger partial charge in [-0.15, -0.1) is 10.2 Å². The van der Waals surface area contributed by atoms with Crippen LogP contribution >= 0.6 is 0 Å². The van der Waals surface area contributed by atoms with Gasteiger partial charge in [-0.25, -0.2) is 29.4 Å². The molecule has 2 N–H and O–H groups in total. The Hall–Kier alpha value is -1.09. The number of carbonyl (C=O) groups excluding carboxylic acids is 1. The summed E-state index contributed by atoms with van der Waals surface area (Å²) in [5, 5.41) is 22.1. The predicted octanol–water partition coefficient (Wildman–Crippen LogP) is -7.15. The molecule has 240 valence electrons. The van der Waals surface area contributed by atoms with Crippen molar-refractivity contribution < 1.29 is 150 Å². The molecule has 4 rings (SSSR count). The van der Waals surface area contributed by atoms with E-state index in [9.17, 15) is 52.7 Å². The smallest absolute Gasteiger partial charge is 0.871 e. The molecular weight excluding hydrogens is 752 g/mol. The Bertz CT molecular complexity index is 2370. The average molecular weight is 770 g/mol. The topological polar surface area (TPSA) is 289 Å². The molecule has 48 heavy (non-hydrogen) atoms. The van der Waals surface area contributed by atoms with Crippen LogP contribution in [0.25, 0.3) is 21.5 Å². The van der Waals surface area contributed by atoms with Crippen molar-refractivity contribution in [3.63, 3.8) is 0 Å². The molecule has 0 radical (unpaired) electrons. The van der Waals surface area contributed by atoms with Crippen LogP contribution in [0.4, 0.5) is 17.1 Å². The van der Waals surface area contributed by atoms with E-state index in [-0.39, 0.29) is 116 Å². The predicted molar refractivity (Wildman–Crippen MR) is 151 cm³/mol. The van der Waals surface area contributed by atoms with Gasteiger partial charge in [0.1, 0.15) is 25.9 Å². The number of nitrogens with one attached hydrogen (secondary N) is 1. The maximum absolute atomic E-state index is 13.2. The van der Waals surface area contributed by atoms with E-state index in [1.807, 2.05) is 0 Å². The monoisotopic (exact) mass is 769 g/mol. The Balaban J connectivity index is 0.00000384. The van der Waals surface area contributed by atoms with Crippen LogP contribution in [0.1, 0.15) is 6.92 Å². The van der Waals surface area contributed by atoms with Crippen LogP contribution in [0, 0.1) is 0 Å². The first kappa shape index (κ1) is 44.9. The number of hydrogen-bond acceptors (Lipinski definition) is 15. The van der Waals surface area contributed by atoms with E-state index in [1.165, 1.54) is 25.1 Å². The van der Waals surface area contributed by atoms with Crippen molar-refractivity contribution in [1.82, 2.24) is 0 Å². The number of amides is 1. The van der Waals surface area contributed by atoms with Gasteiger partial charge in [0, 0.05) is 18.0 Å². The van der Waals surface area contributed by atoms with Gasteiger partial charge in [0.2, 0.25) is 5.91 Å². The molecule has 0 atom stereocenters. The minimum absolute atomic E-state index is 0. The summed E-state index contributed by atoms with van der Waals surface area (Å²) < 4.78 is 132. The molecule has 0 unspecified atom stereocenters. The van der Waals surface area contributed by atoms with Crippen LogP contribution in [0.5, 0.6) is 5.75 Å². The summed E-state index contributed by atoms with van der Waals surface area (Å²) in [4.78, 5) is 8.78. The van der Waals surface area contributed by atoms with Crippen LogP contribution in [-0.2, 0) is 49.5 Å². The molecule has 24 heteroatoms. The molecule has 0 spiro atoms. The first-order chi connectivity index (χ1) is 20.7. The second kappa shape index (κ2) is 17.0. The van der Waals surface area contributed by atoms with Crippen LogP contribution < -0.4 is 99.1 Å². The van der Waals surface area contributed by atoms with E-state index >= 15 is 0 Å². The molecule has 0 aliphatic heterocycles. The molecule has 0 heterocycles. The summed E-state index contributed by atoms with van der Waals surface area (Å²) in [7, 11) is -19.9. The molecule has 4 aromatic rings. The molecule has 0 aromatic heterocycles. The zero-order valence-electron chi connectivity index (χ0n) is 25.4.